The predicted molar refractivity (Wildman–Crippen MR) is 161 cm³/mol. The summed E-state index contributed by atoms with van der Waals surface area (Å²) in [5.74, 6) is 0.716. The molecule has 0 atom stereocenters. The van der Waals surface area contributed by atoms with E-state index in [1.165, 1.54) is 28.7 Å². The quantitative estimate of drug-likeness (QED) is 0.334. The van der Waals surface area contributed by atoms with Gasteiger partial charge in [-0.15, -0.1) is 0 Å². The van der Waals surface area contributed by atoms with Crippen LogP contribution in [0.2, 0.25) is 0 Å². The summed E-state index contributed by atoms with van der Waals surface area (Å²) in [6.45, 7) is 28.6. The molecule has 37 heavy (non-hydrogen) atoms. The number of rotatable bonds is 5. The molecule has 0 aromatic heterocycles. The molecule has 2 aliphatic carbocycles. The van der Waals surface area contributed by atoms with Gasteiger partial charge in [0.1, 0.15) is 0 Å². The van der Waals surface area contributed by atoms with Crippen LogP contribution in [0.1, 0.15) is 122 Å². The third kappa shape index (κ3) is 5.69. The van der Waals surface area contributed by atoms with Gasteiger partial charge in [0.05, 0.1) is 0 Å². The summed E-state index contributed by atoms with van der Waals surface area (Å²) in [5.41, 5.74) is 11.2. The van der Waals surface area contributed by atoms with Crippen molar-refractivity contribution in [3.63, 3.8) is 0 Å². The summed E-state index contributed by atoms with van der Waals surface area (Å²) in [5, 5.41) is 0. The number of allylic oxidation sites excluding steroid dienone is 4. The van der Waals surface area contributed by atoms with Crippen LogP contribution >= 0.6 is 0 Å². The fourth-order valence-corrected chi connectivity index (χ4v) is 14.8. The second kappa shape index (κ2) is 10.0. The molecule has 0 bridgehead atoms. The second-order valence-corrected chi connectivity index (χ2v) is 22.5. The number of hydrogen-bond acceptors (Lipinski definition) is 0. The van der Waals surface area contributed by atoms with Gasteiger partial charge in [-0.05, 0) is 0 Å². The van der Waals surface area contributed by atoms with E-state index >= 15 is 0 Å². The predicted octanol–water partition coefficient (Wildman–Crippen LogP) is 10.5. The molecule has 0 heterocycles. The first kappa shape index (κ1) is 28.7. The summed E-state index contributed by atoms with van der Waals surface area (Å²) in [7, 11) is 0. The number of fused-ring (bicyclic) bond motifs is 3. The third-order valence-electron chi connectivity index (χ3n) is 8.50. The van der Waals surface area contributed by atoms with Crippen LogP contribution in [0.15, 0.2) is 57.4 Å². The molecule has 0 fully saturated rings. The summed E-state index contributed by atoms with van der Waals surface area (Å²) < 4.78 is 4.08. The number of hydrogen-bond donors (Lipinski definition) is 0. The zero-order chi connectivity index (χ0) is 27.5. The first-order valence-corrected chi connectivity index (χ1v) is 18.3. The Bertz CT molecular complexity index is 1230. The van der Waals surface area contributed by atoms with Crippen molar-refractivity contribution in [1.82, 2.24) is 0 Å². The normalized spacial score (nSPS) is 16.0. The SMILES string of the molecule is C[C](C)=[Zr]([C]1=CC(C(C)(C)CC(C)C)=CC1)[CH]1c2ccc(C(C)(C)C)cc2-c2cc(C(C)(C)C)ccc21. The first-order valence-electron chi connectivity index (χ1n) is 14.4. The van der Waals surface area contributed by atoms with Crippen LogP contribution < -0.4 is 0 Å². The molecule has 0 nitrogen and oxygen atoms in total. The van der Waals surface area contributed by atoms with Crippen molar-refractivity contribution >= 4 is 3.21 Å². The van der Waals surface area contributed by atoms with E-state index in [2.05, 4.69) is 132 Å². The fourth-order valence-electron chi connectivity index (χ4n) is 6.61. The van der Waals surface area contributed by atoms with Gasteiger partial charge >= 0.3 is 237 Å². The fraction of sp³-hybridized carbons (Fsp3) is 0.528. The molecule has 0 radical (unpaired) electrons. The van der Waals surface area contributed by atoms with E-state index in [9.17, 15) is 0 Å². The Morgan fingerprint density at radius 1 is 0.811 bits per heavy atom. The molecular formula is C36H50Zr. The van der Waals surface area contributed by atoms with Crippen LogP contribution in [0.3, 0.4) is 0 Å². The van der Waals surface area contributed by atoms with Crippen molar-refractivity contribution in [3.05, 3.63) is 79.7 Å². The maximum absolute atomic E-state index is 2.66. The topological polar surface area (TPSA) is 0 Å². The van der Waals surface area contributed by atoms with Crippen LogP contribution in [0, 0.1) is 11.3 Å². The monoisotopic (exact) mass is 572 g/mol. The van der Waals surface area contributed by atoms with Gasteiger partial charge in [0.25, 0.3) is 0 Å². The average molecular weight is 574 g/mol. The van der Waals surface area contributed by atoms with Crippen molar-refractivity contribution in [2.24, 2.45) is 11.3 Å². The van der Waals surface area contributed by atoms with E-state index in [0.717, 1.165) is 6.42 Å². The van der Waals surface area contributed by atoms with Gasteiger partial charge in [-0.3, -0.25) is 0 Å². The molecule has 0 N–H and O–H groups in total. The van der Waals surface area contributed by atoms with E-state index in [-0.39, 0.29) is 16.2 Å². The van der Waals surface area contributed by atoms with Crippen LogP contribution in [-0.4, -0.2) is 3.21 Å². The molecule has 2 aliphatic rings. The van der Waals surface area contributed by atoms with Crippen molar-refractivity contribution in [3.8, 4) is 11.1 Å². The van der Waals surface area contributed by atoms with Crippen molar-refractivity contribution in [2.45, 2.75) is 110 Å². The van der Waals surface area contributed by atoms with Crippen LogP contribution in [0.25, 0.3) is 11.1 Å². The van der Waals surface area contributed by atoms with E-state index in [1.54, 1.807) is 23.2 Å². The van der Waals surface area contributed by atoms with Crippen molar-refractivity contribution in [1.29, 1.82) is 0 Å². The minimum absolute atomic E-state index is 0.151. The molecule has 0 spiro atoms. The van der Waals surface area contributed by atoms with Gasteiger partial charge < -0.3 is 0 Å². The van der Waals surface area contributed by atoms with Crippen LogP contribution in [0.4, 0.5) is 0 Å². The first-order chi connectivity index (χ1) is 17.0. The number of benzene rings is 2. The Morgan fingerprint density at radius 2 is 1.30 bits per heavy atom. The van der Waals surface area contributed by atoms with Gasteiger partial charge in [0, 0.05) is 0 Å². The zero-order valence-electron chi connectivity index (χ0n) is 25.7. The summed E-state index contributed by atoms with van der Waals surface area (Å²) >= 11 is -2.19. The van der Waals surface area contributed by atoms with Gasteiger partial charge in [-0.2, -0.15) is 0 Å². The van der Waals surface area contributed by atoms with Gasteiger partial charge in [0.2, 0.25) is 0 Å². The van der Waals surface area contributed by atoms with Crippen molar-refractivity contribution < 1.29 is 21.3 Å². The maximum atomic E-state index is 2.66. The van der Waals surface area contributed by atoms with Crippen LogP contribution in [0.5, 0.6) is 0 Å². The molecule has 4 rings (SSSR count). The molecule has 0 amide bonds. The Morgan fingerprint density at radius 3 is 1.70 bits per heavy atom. The van der Waals surface area contributed by atoms with Gasteiger partial charge in [0.15, 0.2) is 0 Å². The molecule has 0 unspecified atom stereocenters. The second-order valence-electron chi connectivity index (χ2n) is 15.0. The standard InChI is InChI=1S/C21H25.C12H19.C3H6.Zr/c1-20(2,3)16-9-7-14-11-15-8-10-17(21(4,5)6)13-19(15)18(14)12-16;1-10(2)9-12(3,4)11-7-5-6-8-11;1-3-2;/h7-13H,1-6H3;7-8,10H,5,9H2,1-4H3;1-2H3;. The Labute approximate surface area is 235 Å². The van der Waals surface area contributed by atoms with E-state index in [0.29, 0.717) is 9.54 Å². The third-order valence-corrected chi connectivity index (χ3v) is 16.6. The molecular weight excluding hydrogens is 524 g/mol. The van der Waals surface area contributed by atoms with E-state index < -0.39 is 21.3 Å². The molecule has 0 aliphatic heterocycles. The molecule has 2 aromatic rings. The summed E-state index contributed by atoms with van der Waals surface area (Å²) in [6.07, 6.45) is 7.65. The molecule has 2 aromatic carbocycles. The molecule has 0 saturated heterocycles. The Kier molecular flexibility index (Phi) is 7.76. The van der Waals surface area contributed by atoms with Gasteiger partial charge in [-0.1, -0.05) is 0 Å². The minimum atomic E-state index is -2.19. The zero-order valence-corrected chi connectivity index (χ0v) is 28.1. The molecule has 198 valence electrons. The molecule has 0 saturated carbocycles. The van der Waals surface area contributed by atoms with Gasteiger partial charge in [-0.25, -0.2) is 0 Å². The Balaban J connectivity index is 1.88. The van der Waals surface area contributed by atoms with E-state index in [4.69, 9.17) is 0 Å². The summed E-state index contributed by atoms with van der Waals surface area (Å²) in [6, 6.07) is 14.9. The summed E-state index contributed by atoms with van der Waals surface area (Å²) in [4.78, 5) is 0. The Hall–Kier alpha value is -1.33. The van der Waals surface area contributed by atoms with Crippen LogP contribution in [-0.2, 0) is 32.1 Å². The van der Waals surface area contributed by atoms with E-state index in [1.807, 2.05) is 0 Å². The average Bonchev–Trinajstić information content (AvgIpc) is 3.36. The van der Waals surface area contributed by atoms with Crippen molar-refractivity contribution in [2.75, 3.05) is 0 Å². The molecule has 1 heteroatoms.